The molecule has 18 heavy (non-hydrogen) atoms. The summed E-state index contributed by atoms with van der Waals surface area (Å²) in [6, 6.07) is 5.54. The standard InChI is InChI=1S/C11H9N5OS/c17-10(5-8-6-18-7-12-8)13-11-15-14-9-3-1-2-4-16(9)11/h1-4,6-7H,5H2,(H,13,15,17). The number of rotatable bonds is 3. The van der Waals surface area contributed by atoms with E-state index in [-0.39, 0.29) is 12.3 Å². The summed E-state index contributed by atoms with van der Waals surface area (Å²) < 4.78 is 1.72. The largest absolute Gasteiger partial charge is 0.294 e. The van der Waals surface area contributed by atoms with Gasteiger partial charge in [0, 0.05) is 11.6 Å². The molecule has 0 aliphatic carbocycles. The third-order valence-corrected chi connectivity index (χ3v) is 3.03. The maximum absolute atomic E-state index is 11.8. The molecular weight excluding hydrogens is 250 g/mol. The second-order valence-electron chi connectivity index (χ2n) is 3.66. The molecule has 0 saturated heterocycles. The Balaban J connectivity index is 1.78. The number of pyridine rings is 1. The number of fused-ring (bicyclic) bond motifs is 1. The number of aromatic nitrogens is 4. The summed E-state index contributed by atoms with van der Waals surface area (Å²) in [5, 5.41) is 12.4. The predicted octanol–water partition coefficient (Wildman–Crippen LogP) is 1.37. The fourth-order valence-corrected chi connectivity index (χ4v) is 2.14. The highest BCUT2D eigenvalue weighted by Crippen LogP contribution is 2.08. The Morgan fingerprint density at radius 3 is 3.17 bits per heavy atom. The van der Waals surface area contributed by atoms with Gasteiger partial charge in [0.25, 0.3) is 0 Å². The zero-order chi connectivity index (χ0) is 12.4. The van der Waals surface area contributed by atoms with Crippen molar-refractivity contribution in [1.82, 2.24) is 19.6 Å². The van der Waals surface area contributed by atoms with Gasteiger partial charge in [-0.15, -0.1) is 21.5 Å². The van der Waals surface area contributed by atoms with Gasteiger partial charge in [0.15, 0.2) is 5.65 Å². The first-order chi connectivity index (χ1) is 8.83. The molecule has 0 aliphatic heterocycles. The van der Waals surface area contributed by atoms with Crippen LogP contribution in [0, 0.1) is 0 Å². The van der Waals surface area contributed by atoms with Crippen molar-refractivity contribution in [3.63, 3.8) is 0 Å². The summed E-state index contributed by atoms with van der Waals surface area (Å²) in [5.74, 6) is 0.268. The summed E-state index contributed by atoms with van der Waals surface area (Å²) in [5.41, 5.74) is 3.16. The van der Waals surface area contributed by atoms with Crippen LogP contribution < -0.4 is 5.32 Å². The molecule has 0 fully saturated rings. The lowest BCUT2D eigenvalue weighted by Gasteiger charge is -2.01. The number of amides is 1. The molecule has 3 aromatic rings. The van der Waals surface area contributed by atoms with E-state index in [0.717, 1.165) is 5.69 Å². The Morgan fingerprint density at radius 1 is 1.39 bits per heavy atom. The molecular formula is C11H9N5OS. The van der Waals surface area contributed by atoms with E-state index in [0.29, 0.717) is 11.6 Å². The van der Waals surface area contributed by atoms with Crippen LogP contribution in [0.4, 0.5) is 5.95 Å². The van der Waals surface area contributed by atoms with Crippen LogP contribution in [-0.4, -0.2) is 25.5 Å². The molecule has 0 saturated carbocycles. The molecule has 0 bridgehead atoms. The van der Waals surface area contributed by atoms with E-state index in [2.05, 4.69) is 20.5 Å². The topological polar surface area (TPSA) is 72.2 Å². The predicted molar refractivity (Wildman–Crippen MR) is 67.4 cm³/mol. The maximum atomic E-state index is 11.8. The second kappa shape index (κ2) is 4.53. The Hall–Kier alpha value is -2.28. The molecule has 3 aromatic heterocycles. The van der Waals surface area contributed by atoms with E-state index in [1.54, 1.807) is 16.1 Å². The van der Waals surface area contributed by atoms with Gasteiger partial charge < -0.3 is 0 Å². The van der Waals surface area contributed by atoms with Gasteiger partial charge in [0.1, 0.15) is 0 Å². The van der Waals surface area contributed by atoms with Gasteiger partial charge in [-0.1, -0.05) is 6.07 Å². The van der Waals surface area contributed by atoms with E-state index in [1.807, 2.05) is 23.6 Å². The first-order valence-electron chi connectivity index (χ1n) is 5.29. The average molecular weight is 259 g/mol. The van der Waals surface area contributed by atoms with Gasteiger partial charge in [-0.3, -0.25) is 14.5 Å². The third-order valence-electron chi connectivity index (χ3n) is 2.39. The van der Waals surface area contributed by atoms with Crippen LogP contribution >= 0.6 is 11.3 Å². The van der Waals surface area contributed by atoms with Crippen molar-refractivity contribution in [2.45, 2.75) is 6.42 Å². The van der Waals surface area contributed by atoms with E-state index >= 15 is 0 Å². The highest BCUT2D eigenvalue weighted by molar-refractivity contribution is 7.07. The van der Waals surface area contributed by atoms with Gasteiger partial charge >= 0.3 is 0 Å². The number of nitrogens with zero attached hydrogens (tertiary/aromatic N) is 4. The van der Waals surface area contributed by atoms with Crippen molar-refractivity contribution in [3.8, 4) is 0 Å². The highest BCUT2D eigenvalue weighted by Gasteiger charge is 2.10. The molecule has 1 amide bonds. The molecule has 90 valence electrons. The number of carbonyl (C=O) groups excluding carboxylic acids is 1. The fraction of sp³-hybridized carbons (Fsp3) is 0.0909. The summed E-state index contributed by atoms with van der Waals surface area (Å²) in [6.07, 6.45) is 2.04. The van der Waals surface area contributed by atoms with Crippen molar-refractivity contribution in [2.75, 3.05) is 5.32 Å². The minimum Gasteiger partial charge on any atom is -0.294 e. The van der Waals surface area contributed by atoms with Gasteiger partial charge in [-0.05, 0) is 12.1 Å². The van der Waals surface area contributed by atoms with Gasteiger partial charge in [-0.25, -0.2) is 4.98 Å². The molecule has 0 spiro atoms. The summed E-state index contributed by atoms with van der Waals surface area (Å²) in [4.78, 5) is 15.9. The lowest BCUT2D eigenvalue weighted by Crippen LogP contribution is -2.16. The lowest BCUT2D eigenvalue weighted by molar-refractivity contribution is -0.115. The minimum atomic E-state index is -0.154. The van der Waals surface area contributed by atoms with Crippen molar-refractivity contribution >= 4 is 28.8 Å². The Morgan fingerprint density at radius 2 is 2.33 bits per heavy atom. The highest BCUT2D eigenvalue weighted by atomic mass is 32.1. The zero-order valence-corrected chi connectivity index (χ0v) is 10.1. The number of thiazole rings is 1. The Kier molecular flexibility index (Phi) is 2.73. The first kappa shape index (κ1) is 10.8. The molecule has 0 radical (unpaired) electrons. The molecule has 7 heteroatoms. The van der Waals surface area contributed by atoms with Gasteiger partial charge in [0.05, 0.1) is 17.6 Å². The van der Waals surface area contributed by atoms with Crippen molar-refractivity contribution in [2.24, 2.45) is 0 Å². The van der Waals surface area contributed by atoms with E-state index < -0.39 is 0 Å². The van der Waals surface area contributed by atoms with Crippen LogP contribution in [0.3, 0.4) is 0 Å². The van der Waals surface area contributed by atoms with Gasteiger partial charge in [-0.2, -0.15) is 0 Å². The number of anilines is 1. The monoisotopic (exact) mass is 259 g/mol. The van der Waals surface area contributed by atoms with Crippen molar-refractivity contribution in [3.05, 3.63) is 41.0 Å². The maximum Gasteiger partial charge on any atom is 0.235 e. The lowest BCUT2D eigenvalue weighted by atomic mass is 10.3. The summed E-state index contributed by atoms with van der Waals surface area (Å²) >= 11 is 1.47. The molecule has 1 N–H and O–H groups in total. The van der Waals surface area contributed by atoms with Crippen LogP contribution in [0.1, 0.15) is 5.69 Å². The number of carbonyl (C=O) groups is 1. The van der Waals surface area contributed by atoms with E-state index in [9.17, 15) is 4.79 Å². The molecule has 0 aliphatic rings. The molecule has 0 atom stereocenters. The second-order valence-corrected chi connectivity index (χ2v) is 4.38. The SMILES string of the molecule is O=C(Cc1cscn1)Nc1nnc2ccccn12. The molecule has 0 unspecified atom stereocenters. The molecule has 3 rings (SSSR count). The average Bonchev–Trinajstić information content (AvgIpc) is 3.00. The summed E-state index contributed by atoms with van der Waals surface area (Å²) in [7, 11) is 0. The molecule has 0 aromatic carbocycles. The molecule has 3 heterocycles. The van der Waals surface area contributed by atoms with E-state index in [4.69, 9.17) is 0 Å². The first-order valence-corrected chi connectivity index (χ1v) is 6.24. The van der Waals surface area contributed by atoms with Gasteiger partial charge in [0.2, 0.25) is 11.9 Å². The minimum absolute atomic E-state index is 0.154. The smallest absolute Gasteiger partial charge is 0.235 e. The van der Waals surface area contributed by atoms with Crippen molar-refractivity contribution < 1.29 is 4.79 Å². The number of hydrogen-bond acceptors (Lipinski definition) is 5. The quantitative estimate of drug-likeness (QED) is 0.771. The van der Waals surface area contributed by atoms with E-state index in [1.165, 1.54) is 11.3 Å². The van der Waals surface area contributed by atoms with Crippen LogP contribution in [0.5, 0.6) is 0 Å². The Bertz CT molecular complexity index is 676. The van der Waals surface area contributed by atoms with Crippen LogP contribution in [0.25, 0.3) is 5.65 Å². The molecule has 6 nitrogen and oxygen atoms in total. The van der Waals surface area contributed by atoms with Crippen LogP contribution in [-0.2, 0) is 11.2 Å². The fourth-order valence-electron chi connectivity index (χ4n) is 1.58. The number of nitrogens with one attached hydrogen (secondary N) is 1. The zero-order valence-electron chi connectivity index (χ0n) is 9.28. The van der Waals surface area contributed by atoms with Crippen LogP contribution in [0.15, 0.2) is 35.3 Å². The normalized spacial score (nSPS) is 10.7. The van der Waals surface area contributed by atoms with Crippen molar-refractivity contribution in [1.29, 1.82) is 0 Å². The third kappa shape index (κ3) is 2.07. The Labute approximate surface area is 106 Å². The number of hydrogen-bond donors (Lipinski definition) is 1. The summed E-state index contributed by atoms with van der Waals surface area (Å²) in [6.45, 7) is 0. The van der Waals surface area contributed by atoms with Crippen LogP contribution in [0.2, 0.25) is 0 Å².